The minimum Gasteiger partial charge on any atom is -0.330 e. The van der Waals surface area contributed by atoms with Gasteiger partial charge in [-0.1, -0.05) is 11.6 Å². The van der Waals surface area contributed by atoms with Gasteiger partial charge in [-0.2, -0.15) is 13.2 Å². The van der Waals surface area contributed by atoms with E-state index < -0.39 is 26.7 Å². The average molecular weight is 367 g/mol. The number of unbranched alkanes of at least 4 members (excludes halogenated alkanes) is 1. The van der Waals surface area contributed by atoms with Crippen LogP contribution < -0.4 is 10.5 Å². The second-order valence-electron chi connectivity index (χ2n) is 4.07. The van der Waals surface area contributed by atoms with E-state index in [9.17, 15) is 21.6 Å². The summed E-state index contributed by atoms with van der Waals surface area (Å²) in [6.07, 6.45) is -3.54. The lowest BCUT2D eigenvalue weighted by atomic mass is 10.2. The predicted molar refractivity (Wildman–Crippen MR) is 77.2 cm³/mol. The summed E-state index contributed by atoms with van der Waals surface area (Å²) >= 11 is 5.54. The highest BCUT2D eigenvalue weighted by molar-refractivity contribution is 7.89. The fourth-order valence-electron chi connectivity index (χ4n) is 1.44. The lowest BCUT2D eigenvalue weighted by molar-refractivity contribution is -0.137. The third-order valence-electron chi connectivity index (χ3n) is 2.43. The van der Waals surface area contributed by atoms with Crippen LogP contribution in [0.25, 0.3) is 0 Å². The lowest BCUT2D eigenvalue weighted by Crippen LogP contribution is -2.25. The standard InChI is InChI=1S/C11H14ClF3N2O2S.ClH/c12-9-5-8(11(13,14)15)6-10(7-9)20(18,19)17-4-2-1-3-16;/h5-7,17H,1-4,16H2;1H. The Labute approximate surface area is 132 Å². The van der Waals surface area contributed by atoms with E-state index in [4.69, 9.17) is 17.3 Å². The van der Waals surface area contributed by atoms with Gasteiger partial charge in [0.15, 0.2) is 0 Å². The molecule has 0 fully saturated rings. The molecule has 0 aliphatic carbocycles. The van der Waals surface area contributed by atoms with Crippen molar-refractivity contribution in [2.45, 2.75) is 23.9 Å². The Balaban J connectivity index is 0.00000400. The molecule has 0 saturated carbocycles. The van der Waals surface area contributed by atoms with Gasteiger partial charge in [0, 0.05) is 11.6 Å². The fourth-order valence-corrected chi connectivity index (χ4v) is 2.88. The quantitative estimate of drug-likeness (QED) is 0.760. The van der Waals surface area contributed by atoms with E-state index in [2.05, 4.69) is 4.72 Å². The van der Waals surface area contributed by atoms with Crippen molar-refractivity contribution >= 4 is 34.0 Å². The minimum atomic E-state index is -4.66. The highest BCUT2D eigenvalue weighted by atomic mass is 35.5. The van der Waals surface area contributed by atoms with E-state index in [1.165, 1.54) is 0 Å². The smallest absolute Gasteiger partial charge is 0.330 e. The van der Waals surface area contributed by atoms with Crippen molar-refractivity contribution in [3.63, 3.8) is 0 Å². The number of nitrogens with two attached hydrogens (primary N) is 1. The summed E-state index contributed by atoms with van der Waals surface area (Å²) in [5.41, 5.74) is 4.15. The molecule has 0 aliphatic rings. The van der Waals surface area contributed by atoms with E-state index in [1.54, 1.807) is 0 Å². The van der Waals surface area contributed by atoms with Crippen LogP contribution >= 0.6 is 24.0 Å². The van der Waals surface area contributed by atoms with Crippen LogP contribution in [0, 0.1) is 0 Å². The summed E-state index contributed by atoms with van der Waals surface area (Å²) in [6.45, 7) is 0.518. The highest BCUT2D eigenvalue weighted by Gasteiger charge is 2.32. The molecule has 10 heteroatoms. The topological polar surface area (TPSA) is 72.2 Å². The third-order valence-corrected chi connectivity index (χ3v) is 4.09. The molecule has 21 heavy (non-hydrogen) atoms. The number of hydrogen-bond donors (Lipinski definition) is 2. The Hall–Kier alpha value is -0.540. The van der Waals surface area contributed by atoms with Crippen LogP contribution in [0.2, 0.25) is 5.02 Å². The Morgan fingerprint density at radius 1 is 1.19 bits per heavy atom. The molecule has 1 aromatic carbocycles. The zero-order valence-corrected chi connectivity index (χ0v) is 13.2. The predicted octanol–water partition coefficient (Wildman–Crippen LogP) is 2.80. The monoisotopic (exact) mass is 366 g/mol. The normalized spacial score (nSPS) is 12.0. The molecule has 0 bridgehead atoms. The van der Waals surface area contributed by atoms with Gasteiger partial charge < -0.3 is 5.73 Å². The molecule has 0 heterocycles. The molecule has 0 amide bonds. The van der Waals surface area contributed by atoms with Gasteiger partial charge in [-0.25, -0.2) is 13.1 Å². The molecular formula is C11H15Cl2F3N2O2S. The molecule has 0 aliphatic heterocycles. The van der Waals surface area contributed by atoms with Crippen LogP contribution in [0.15, 0.2) is 23.1 Å². The maximum Gasteiger partial charge on any atom is 0.416 e. The fraction of sp³-hybridized carbons (Fsp3) is 0.455. The summed E-state index contributed by atoms with van der Waals surface area (Å²) in [4.78, 5) is -0.509. The van der Waals surface area contributed by atoms with E-state index in [0.717, 1.165) is 6.07 Å². The van der Waals surface area contributed by atoms with Crippen molar-refractivity contribution < 1.29 is 21.6 Å². The van der Waals surface area contributed by atoms with Crippen LogP contribution in [0.4, 0.5) is 13.2 Å². The van der Waals surface area contributed by atoms with Crippen LogP contribution in [-0.2, 0) is 16.2 Å². The maximum absolute atomic E-state index is 12.6. The minimum absolute atomic E-state index is 0. The molecule has 122 valence electrons. The van der Waals surface area contributed by atoms with Gasteiger partial charge in [-0.3, -0.25) is 0 Å². The SMILES string of the molecule is Cl.NCCCCNS(=O)(=O)c1cc(Cl)cc(C(F)(F)F)c1. The van der Waals surface area contributed by atoms with Crippen molar-refractivity contribution in [1.82, 2.24) is 4.72 Å². The highest BCUT2D eigenvalue weighted by Crippen LogP contribution is 2.32. The molecule has 0 atom stereocenters. The first kappa shape index (κ1) is 20.5. The summed E-state index contributed by atoms with van der Waals surface area (Å²) in [5, 5.41) is -0.290. The summed E-state index contributed by atoms with van der Waals surface area (Å²) in [7, 11) is -4.02. The van der Waals surface area contributed by atoms with Gasteiger partial charge in [0.1, 0.15) is 0 Å². The molecule has 0 unspecified atom stereocenters. The number of rotatable bonds is 6. The van der Waals surface area contributed by atoms with Crippen molar-refractivity contribution in [2.75, 3.05) is 13.1 Å². The molecular weight excluding hydrogens is 352 g/mol. The summed E-state index contributed by atoms with van der Waals surface area (Å²) < 4.78 is 63.7. The number of benzene rings is 1. The van der Waals surface area contributed by atoms with Crippen molar-refractivity contribution in [1.29, 1.82) is 0 Å². The van der Waals surface area contributed by atoms with Crippen LogP contribution in [0.1, 0.15) is 18.4 Å². The van der Waals surface area contributed by atoms with Gasteiger partial charge in [-0.15, -0.1) is 12.4 Å². The van der Waals surface area contributed by atoms with Gasteiger partial charge in [0.2, 0.25) is 10.0 Å². The van der Waals surface area contributed by atoms with Gasteiger partial charge in [0.05, 0.1) is 10.5 Å². The Morgan fingerprint density at radius 3 is 2.33 bits per heavy atom. The van der Waals surface area contributed by atoms with E-state index in [-0.39, 0.29) is 24.0 Å². The first-order valence-electron chi connectivity index (χ1n) is 5.74. The van der Waals surface area contributed by atoms with Gasteiger partial charge in [-0.05, 0) is 37.6 Å². The second-order valence-corrected chi connectivity index (χ2v) is 6.27. The maximum atomic E-state index is 12.6. The van der Waals surface area contributed by atoms with Crippen molar-refractivity contribution in [3.8, 4) is 0 Å². The molecule has 4 nitrogen and oxygen atoms in total. The molecule has 1 rings (SSSR count). The zero-order valence-electron chi connectivity index (χ0n) is 10.8. The molecule has 0 aromatic heterocycles. The molecule has 0 radical (unpaired) electrons. The lowest BCUT2D eigenvalue weighted by Gasteiger charge is -2.11. The average Bonchev–Trinajstić information content (AvgIpc) is 2.33. The number of nitrogens with one attached hydrogen (secondary N) is 1. The Kier molecular flexibility index (Phi) is 7.98. The third kappa shape index (κ3) is 6.39. The van der Waals surface area contributed by atoms with Gasteiger partial charge >= 0.3 is 6.18 Å². The molecule has 0 saturated heterocycles. The van der Waals surface area contributed by atoms with E-state index in [0.29, 0.717) is 31.5 Å². The van der Waals surface area contributed by atoms with Crippen LogP contribution in [-0.4, -0.2) is 21.5 Å². The largest absolute Gasteiger partial charge is 0.416 e. The van der Waals surface area contributed by atoms with E-state index >= 15 is 0 Å². The molecule has 0 spiro atoms. The van der Waals surface area contributed by atoms with E-state index in [1.807, 2.05) is 0 Å². The second kappa shape index (κ2) is 8.19. The first-order chi connectivity index (χ1) is 9.16. The number of hydrogen-bond acceptors (Lipinski definition) is 3. The van der Waals surface area contributed by atoms with Gasteiger partial charge in [0.25, 0.3) is 0 Å². The van der Waals surface area contributed by atoms with Crippen LogP contribution in [0.5, 0.6) is 0 Å². The van der Waals surface area contributed by atoms with Crippen molar-refractivity contribution in [3.05, 3.63) is 28.8 Å². The number of alkyl halides is 3. The summed E-state index contributed by atoms with van der Waals surface area (Å²) in [5.74, 6) is 0. The van der Waals surface area contributed by atoms with Crippen LogP contribution in [0.3, 0.4) is 0 Å². The summed E-state index contributed by atoms with van der Waals surface area (Å²) in [6, 6.07) is 2.20. The van der Waals surface area contributed by atoms with Crippen molar-refractivity contribution in [2.24, 2.45) is 5.73 Å². The Morgan fingerprint density at radius 2 is 1.81 bits per heavy atom. The zero-order chi connectivity index (χ0) is 15.4. The molecule has 3 N–H and O–H groups in total. The Bertz CT molecular complexity index is 565. The number of sulfonamides is 1. The number of halogens is 5. The first-order valence-corrected chi connectivity index (χ1v) is 7.60. The molecule has 1 aromatic rings.